The molecule has 1 aliphatic heterocycles. The van der Waals surface area contributed by atoms with Gasteiger partial charge in [-0.2, -0.15) is 0 Å². The van der Waals surface area contributed by atoms with Crippen molar-refractivity contribution in [3.8, 4) is 5.75 Å². The molecular weight excluding hydrogens is 228 g/mol. The summed E-state index contributed by atoms with van der Waals surface area (Å²) in [5.41, 5.74) is 1.11. The molecule has 1 aromatic carbocycles. The number of carbonyl (C=O) groups is 1. The minimum atomic E-state index is 0.0341. The molecule has 1 aromatic rings. The van der Waals surface area contributed by atoms with Crippen LogP contribution in [0.3, 0.4) is 0 Å². The predicted octanol–water partition coefficient (Wildman–Crippen LogP) is 1.66. The van der Waals surface area contributed by atoms with Gasteiger partial charge in [0.05, 0.1) is 0 Å². The molecule has 2 atom stereocenters. The average molecular weight is 248 g/mol. The van der Waals surface area contributed by atoms with Gasteiger partial charge in [0.25, 0.3) is 0 Å². The molecule has 0 aromatic heterocycles. The Bertz CT molecular complexity index is 434. The number of aromatic hydroxyl groups is 1. The van der Waals surface area contributed by atoms with Crippen LogP contribution >= 0.6 is 0 Å². The molecule has 0 spiro atoms. The minimum Gasteiger partial charge on any atom is -0.508 e. The Balaban J connectivity index is 1.99. The van der Waals surface area contributed by atoms with E-state index in [1.807, 2.05) is 12.1 Å². The highest BCUT2D eigenvalue weighted by atomic mass is 16.3. The van der Waals surface area contributed by atoms with Gasteiger partial charge in [-0.25, -0.2) is 0 Å². The van der Waals surface area contributed by atoms with E-state index in [1.54, 1.807) is 19.1 Å². The molecule has 2 rings (SSSR count). The van der Waals surface area contributed by atoms with Crippen LogP contribution < -0.4 is 5.32 Å². The topological polar surface area (TPSA) is 52.6 Å². The number of carbonyl (C=O) groups excluding carboxylic acids is 1. The van der Waals surface area contributed by atoms with Crippen molar-refractivity contribution in [2.45, 2.75) is 32.4 Å². The normalized spacial score (nSPS) is 21.8. The molecule has 98 valence electrons. The van der Waals surface area contributed by atoms with Crippen LogP contribution in [0.25, 0.3) is 0 Å². The first kappa shape index (κ1) is 12.9. The largest absolute Gasteiger partial charge is 0.508 e. The van der Waals surface area contributed by atoms with Gasteiger partial charge >= 0.3 is 0 Å². The zero-order chi connectivity index (χ0) is 13.1. The van der Waals surface area contributed by atoms with E-state index in [0.717, 1.165) is 25.1 Å². The third-order valence-electron chi connectivity index (χ3n) is 3.53. The fourth-order valence-corrected chi connectivity index (χ4v) is 2.54. The Labute approximate surface area is 108 Å². The maximum Gasteiger partial charge on any atom is 0.217 e. The quantitative estimate of drug-likeness (QED) is 0.855. The van der Waals surface area contributed by atoms with Crippen molar-refractivity contribution in [3.63, 3.8) is 0 Å². The van der Waals surface area contributed by atoms with Crippen molar-refractivity contribution in [2.24, 2.45) is 0 Å². The number of rotatable bonds is 3. The highest BCUT2D eigenvalue weighted by molar-refractivity contribution is 5.73. The number of amides is 1. The van der Waals surface area contributed by atoms with Gasteiger partial charge in [0, 0.05) is 32.1 Å². The number of hydrogen-bond donors (Lipinski definition) is 2. The van der Waals surface area contributed by atoms with Gasteiger partial charge in [-0.05, 0) is 31.0 Å². The lowest BCUT2D eigenvalue weighted by molar-refractivity contribution is -0.119. The lowest BCUT2D eigenvalue weighted by Gasteiger charge is -2.24. The first-order valence-corrected chi connectivity index (χ1v) is 6.36. The summed E-state index contributed by atoms with van der Waals surface area (Å²) in [6.45, 7) is 5.53. The van der Waals surface area contributed by atoms with Gasteiger partial charge in [-0.1, -0.05) is 12.1 Å². The summed E-state index contributed by atoms with van der Waals surface area (Å²) in [5, 5.41) is 12.5. The van der Waals surface area contributed by atoms with Crippen LogP contribution in [0.15, 0.2) is 24.3 Å². The number of nitrogens with one attached hydrogen (secondary N) is 1. The Hall–Kier alpha value is -1.55. The summed E-state index contributed by atoms with van der Waals surface area (Å²) in [4.78, 5) is 13.4. The predicted molar refractivity (Wildman–Crippen MR) is 70.3 cm³/mol. The number of benzene rings is 1. The third-order valence-corrected chi connectivity index (χ3v) is 3.53. The average Bonchev–Trinajstić information content (AvgIpc) is 2.75. The van der Waals surface area contributed by atoms with Gasteiger partial charge < -0.3 is 10.4 Å². The number of likely N-dealkylation sites (tertiary alicyclic amines) is 1. The number of phenols is 1. The summed E-state index contributed by atoms with van der Waals surface area (Å²) in [5.74, 6) is 0.337. The van der Waals surface area contributed by atoms with Crippen molar-refractivity contribution < 1.29 is 9.90 Å². The number of phenolic OH excluding ortho intramolecular Hbond substituents is 1. The summed E-state index contributed by atoms with van der Waals surface area (Å²) in [7, 11) is 0. The highest BCUT2D eigenvalue weighted by Gasteiger charge is 2.27. The first-order valence-electron chi connectivity index (χ1n) is 6.36. The van der Waals surface area contributed by atoms with Crippen molar-refractivity contribution in [1.29, 1.82) is 0 Å². The molecule has 1 aliphatic rings. The zero-order valence-corrected chi connectivity index (χ0v) is 10.9. The van der Waals surface area contributed by atoms with E-state index in [1.165, 1.54) is 0 Å². The van der Waals surface area contributed by atoms with Crippen molar-refractivity contribution >= 4 is 5.91 Å². The molecule has 1 heterocycles. The highest BCUT2D eigenvalue weighted by Crippen LogP contribution is 2.26. The lowest BCUT2D eigenvalue weighted by atomic mass is 10.1. The molecule has 0 aliphatic carbocycles. The van der Waals surface area contributed by atoms with Gasteiger partial charge in [-0.3, -0.25) is 9.69 Å². The smallest absolute Gasteiger partial charge is 0.217 e. The van der Waals surface area contributed by atoms with Gasteiger partial charge in [-0.15, -0.1) is 0 Å². The van der Waals surface area contributed by atoms with Gasteiger partial charge in [0.15, 0.2) is 0 Å². The SMILES string of the molecule is CC(=O)NC1CCN(C(C)c2cccc(O)c2)C1. The molecule has 4 nitrogen and oxygen atoms in total. The number of hydrogen-bond acceptors (Lipinski definition) is 3. The van der Waals surface area contributed by atoms with E-state index in [-0.39, 0.29) is 18.0 Å². The van der Waals surface area contributed by atoms with Crippen LogP contribution in [0.2, 0.25) is 0 Å². The summed E-state index contributed by atoms with van der Waals surface area (Å²) >= 11 is 0. The molecular formula is C14H20N2O2. The fraction of sp³-hybridized carbons (Fsp3) is 0.500. The second-order valence-corrected chi connectivity index (χ2v) is 4.95. The molecule has 2 unspecified atom stereocenters. The van der Waals surface area contributed by atoms with Crippen LogP contribution in [0.4, 0.5) is 0 Å². The molecule has 1 fully saturated rings. The fourth-order valence-electron chi connectivity index (χ4n) is 2.54. The lowest BCUT2D eigenvalue weighted by Crippen LogP contribution is -2.36. The third kappa shape index (κ3) is 3.01. The summed E-state index contributed by atoms with van der Waals surface area (Å²) in [6.07, 6.45) is 0.989. The Morgan fingerprint density at radius 3 is 3.00 bits per heavy atom. The molecule has 4 heteroatoms. The van der Waals surface area contributed by atoms with E-state index in [0.29, 0.717) is 5.75 Å². The van der Waals surface area contributed by atoms with Crippen molar-refractivity contribution in [3.05, 3.63) is 29.8 Å². The van der Waals surface area contributed by atoms with Crippen molar-refractivity contribution in [1.82, 2.24) is 10.2 Å². The second-order valence-electron chi connectivity index (χ2n) is 4.95. The van der Waals surface area contributed by atoms with Crippen LogP contribution in [-0.2, 0) is 4.79 Å². The van der Waals surface area contributed by atoms with Crippen molar-refractivity contribution in [2.75, 3.05) is 13.1 Å². The first-order chi connectivity index (χ1) is 8.56. The standard InChI is InChI=1S/C14H20N2O2/c1-10(12-4-3-5-14(18)8-12)16-7-6-13(9-16)15-11(2)17/h3-5,8,10,13,18H,6-7,9H2,1-2H3,(H,15,17). The van der Waals surface area contributed by atoms with E-state index in [2.05, 4.69) is 17.1 Å². The maximum absolute atomic E-state index is 11.0. The van der Waals surface area contributed by atoms with E-state index < -0.39 is 0 Å². The van der Waals surface area contributed by atoms with Crippen LogP contribution in [0.5, 0.6) is 5.75 Å². The second kappa shape index (κ2) is 5.40. The molecule has 0 bridgehead atoms. The Kier molecular flexibility index (Phi) is 3.87. The van der Waals surface area contributed by atoms with Crippen LogP contribution in [0.1, 0.15) is 31.9 Å². The molecule has 18 heavy (non-hydrogen) atoms. The van der Waals surface area contributed by atoms with Crippen LogP contribution in [-0.4, -0.2) is 35.0 Å². The Morgan fingerprint density at radius 1 is 1.56 bits per heavy atom. The van der Waals surface area contributed by atoms with Crippen LogP contribution in [0, 0.1) is 0 Å². The summed E-state index contributed by atoms with van der Waals surface area (Å²) < 4.78 is 0. The minimum absolute atomic E-state index is 0.0341. The molecule has 2 N–H and O–H groups in total. The van der Waals surface area contributed by atoms with Gasteiger partial charge in [0.2, 0.25) is 5.91 Å². The summed E-state index contributed by atoms with van der Waals surface area (Å²) in [6, 6.07) is 7.88. The van der Waals surface area contributed by atoms with Gasteiger partial charge in [0.1, 0.15) is 5.75 Å². The molecule has 0 saturated carbocycles. The monoisotopic (exact) mass is 248 g/mol. The number of nitrogens with zero attached hydrogens (tertiary/aromatic N) is 1. The Morgan fingerprint density at radius 2 is 2.33 bits per heavy atom. The van der Waals surface area contributed by atoms with E-state index in [4.69, 9.17) is 0 Å². The molecule has 1 saturated heterocycles. The van der Waals surface area contributed by atoms with E-state index in [9.17, 15) is 9.90 Å². The molecule has 1 amide bonds. The molecule has 0 radical (unpaired) electrons. The maximum atomic E-state index is 11.0. The zero-order valence-electron chi connectivity index (χ0n) is 10.9. The van der Waals surface area contributed by atoms with E-state index >= 15 is 0 Å².